The van der Waals surface area contributed by atoms with E-state index in [9.17, 15) is 52.4 Å². The summed E-state index contributed by atoms with van der Waals surface area (Å²) in [5, 5.41) is -3.78. The molecule has 2 aromatic rings. The van der Waals surface area contributed by atoms with Crippen LogP contribution in [0, 0.1) is 0 Å². The molecule has 0 heterocycles. The van der Waals surface area contributed by atoms with Crippen LogP contribution in [0.25, 0.3) is 0 Å². The van der Waals surface area contributed by atoms with E-state index in [-0.39, 0.29) is 25.7 Å². The molecule has 0 aromatic heterocycles. The Bertz CT molecular complexity index is 1730. The molecule has 0 amide bonds. The van der Waals surface area contributed by atoms with Crippen LogP contribution in [0.1, 0.15) is 71.4 Å². The minimum atomic E-state index is -4.90. The standard InChI is InChI=1S/C24H30N2O12S4/c1-5-9-19(41(33,34)35)25(3)39(29,30)17-13-7-11-15-21(17)23(27)16-12-8-14-18(22(16)24(15)28)40(31,32)26(4)20(10-6-2)42(36,37)38/h7-8,11-14,19-20H,5-6,9-10H2,1-4H3,(H,33,34,35)(H,36,37,38). The fourth-order valence-corrected chi connectivity index (χ4v) is 10.8. The zero-order valence-electron chi connectivity index (χ0n) is 23.0. The second-order valence-electron chi connectivity index (χ2n) is 9.57. The molecule has 2 atom stereocenters. The third-order valence-corrected chi connectivity index (χ3v) is 13.4. The minimum Gasteiger partial charge on any atom is -0.289 e. The summed E-state index contributed by atoms with van der Waals surface area (Å²) < 4.78 is 122. The molecular weight excluding hydrogens is 637 g/mol. The van der Waals surface area contributed by atoms with Gasteiger partial charge in [0.25, 0.3) is 20.2 Å². The van der Waals surface area contributed by atoms with Gasteiger partial charge in [0.2, 0.25) is 20.0 Å². The summed E-state index contributed by atoms with van der Waals surface area (Å²) in [4.78, 5) is 26.0. The van der Waals surface area contributed by atoms with Crippen molar-refractivity contribution in [3.8, 4) is 0 Å². The SMILES string of the molecule is CCCC(N(C)S(=O)(=O)c1cccc2c1C(=O)c1cccc(S(=O)(=O)N(C)C(CCC)S(=O)(=O)O)c1C2=O)S(=O)(=O)O. The highest BCUT2D eigenvalue weighted by Gasteiger charge is 2.43. The van der Waals surface area contributed by atoms with E-state index in [1.54, 1.807) is 13.8 Å². The zero-order valence-corrected chi connectivity index (χ0v) is 26.2. The second-order valence-corrected chi connectivity index (χ2v) is 16.7. The molecule has 0 fully saturated rings. The molecule has 2 aromatic carbocycles. The van der Waals surface area contributed by atoms with Gasteiger partial charge in [-0.1, -0.05) is 51.0 Å². The van der Waals surface area contributed by atoms with E-state index in [4.69, 9.17) is 0 Å². The van der Waals surface area contributed by atoms with Gasteiger partial charge in [-0.3, -0.25) is 18.7 Å². The van der Waals surface area contributed by atoms with Crippen LogP contribution in [-0.2, 0) is 40.3 Å². The van der Waals surface area contributed by atoms with E-state index >= 15 is 0 Å². The van der Waals surface area contributed by atoms with Gasteiger partial charge in [0.15, 0.2) is 22.3 Å². The molecule has 0 saturated heterocycles. The smallest absolute Gasteiger partial charge is 0.282 e. The molecule has 0 spiro atoms. The van der Waals surface area contributed by atoms with Crippen LogP contribution in [0.15, 0.2) is 46.2 Å². The van der Waals surface area contributed by atoms with Crippen LogP contribution in [0.3, 0.4) is 0 Å². The predicted molar refractivity (Wildman–Crippen MR) is 150 cm³/mol. The van der Waals surface area contributed by atoms with Crippen molar-refractivity contribution in [2.75, 3.05) is 14.1 Å². The van der Waals surface area contributed by atoms with Crippen LogP contribution >= 0.6 is 0 Å². The van der Waals surface area contributed by atoms with Gasteiger partial charge in [0, 0.05) is 25.2 Å². The Morgan fingerprint density at radius 1 is 0.619 bits per heavy atom. The first-order chi connectivity index (χ1) is 19.2. The number of hydrogen-bond acceptors (Lipinski definition) is 10. The average molecular weight is 667 g/mol. The van der Waals surface area contributed by atoms with Crippen LogP contribution < -0.4 is 0 Å². The van der Waals surface area contributed by atoms with Crippen molar-refractivity contribution in [3.05, 3.63) is 58.7 Å². The topological polar surface area (TPSA) is 218 Å². The van der Waals surface area contributed by atoms with Gasteiger partial charge in [-0.05, 0) is 25.0 Å². The maximum Gasteiger partial charge on any atom is 0.282 e. The highest BCUT2D eigenvalue weighted by molar-refractivity contribution is 7.92. The van der Waals surface area contributed by atoms with Crippen molar-refractivity contribution in [1.82, 2.24) is 8.61 Å². The Balaban J connectivity index is 2.25. The van der Waals surface area contributed by atoms with Gasteiger partial charge in [0.1, 0.15) is 0 Å². The largest absolute Gasteiger partial charge is 0.289 e. The number of benzene rings is 2. The van der Waals surface area contributed by atoms with E-state index in [2.05, 4.69) is 0 Å². The molecule has 1 aliphatic rings. The quantitative estimate of drug-likeness (QED) is 0.264. The van der Waals surface area contributed by atoms with Crippen LogP contribution in [-0.4, -0.2) is 87.8 Å². The maximum absolute atomic E-state index is 13.7. The fraction of sp³-hybridized carbons (Fsp3) is 0.417. The Labute approximate surface area is 244 Å². The summed E-state index contributed by atoms with van der Waals surface area (Å²) in [6, 6.07) is 6.35. The number of carbonyl (C=O) groups excluding carboxylic acids is 2. The van der Waals surface area contributed by atoms with Gasteiger partial charge >= 0.3 is 0 Å². The normalized spacial score (nSPS) is 15.9. The Morgan fingerprint density at radius 2 is 0.929 bits per heavy atom. The number of fused-ring (bicyclic) bond motifs is 2. The van der Waals surface area contributed by atoms with Crippen molar-refractivity contribution in [2.45, 2.75) is 60.1 Å². The minimum absolute atomic E-state index is 0.171. The van der Waals surface area contributed by atoms with E-state index in [1.165, 1.54) is 0 Å². The monoisotopic (exact) mass is 666 g/mol. The molecule has 2 N–H and O–H groups in total. The lowest BCUT2D eigenvalue weighted by molar-refractivity contribution is 0.0974. The number of rotatable bonds is 12. The van der Waals surface area contributed by atoms with E-state index in [0.29, 0.717) is 8.61 Å². The summed E-state index contributed by atoms with van der Waals surface area (Å²) >= 11 is 0. The van der Waals surface area contributed by atoms with Crippen molar-refractivity contribution in [2.24, 2.45) is 0 Å². The first-order valence-electron chi connectivity index (χ1n) is 12.5. The summed E-state index contributed by atoms with van der Waals surface area (Å²) in [7, 11) is -17.7. The average Bonchev–Trinajstić information content (AvgIpc) is 2.90. The summed E-state index contributed by atoms with van der Waals surface area (Å²) in [5.74, 6) is -2.13. The molecule has 42 heavy (non-hydrogen) atoms. The Hall–Kier alpha value is -2.58. The number of nitrogens with zero attached hydrogens (tertiary/aromatic N) is 2. The molecule has 0 aliphatic heterocycles. The zero-order chi connectivity index (χ0) is 32.0. The van der Waals surface area contributed by atoms with E-state index in [0.717, 1.165) is 50.5 Å². The molecule has 1 aliphatic carbocycles. The molecule has 0 saturated carbocycles. The predicted octanol–water partition coefficient (Wildman–Crippen LogP) is 1.73. The number of hydrogen-bond donors (Lipinski definition) is 2. The molecule has 3 rings (SSSR count). The van der Waals surface area contributed by atoms with E-state index in [1.807, 2.05) is 0 Å². The van der Waals surface area contributed by atoms with Crippen molar-refractivity contribution < 1.29 is 52.4 Å². The molecular formula is C24H30N2O12S4. The summed E-state index contributed by atoms with van der Waals surface area (Å²) in [6.07, 6.45) is -0.220. The van der Waals surface area contributed by atoms with Crippen LogP contribution in [0.2, 0.25) is 0 Å². The van der Waals surface area contributed by atoms with Gasteiger partial charge in [-0.15, -0.1) is 0 Å². The Morgan fingerprint density at radius 3 is 1.19 bits per heavy atom. The highest BCUT2D eigenvalue weighted by atomic mass is 32.2. The summed E-state index contributed by atoms with van der Waals surface area (Å²) in [5.41, 5.74) is -2.24. The number of carbonyl (C=O) groups is 2. The van der Waals surface area contributed by atoms with Crippen LogP contribution in [0.5, 0.6) is 0 Å². The van der Waals surface area contributed by atoms with Gasteiger partial charge in [-0.2, -0.15) is 25.4 Å². The molecule has 232 valence electrons. The Kier molecular flexibility index (Phi) is 9.56. The van der Waals surface area contributed by atoms with E-state index < -0.39 is 94.6 Å². The number of sulfonamides is 2. The highest BCUT2D eigenvalue weighted by Crippen LogP contribution is 2.37. The van der Waals surface area contributed by atoms with Crippen molar-refractivity contribution >= 4 is 51.8 Å². The molecule has 0 bridgehead atoms. The molecule has 18 heteroatoms. The lowest BCUT2D eigenvalue weighted by Crippen LogP contribution is -2.43. The first kappa shape index (κ1) is 33.9. The van der Waals surface area contributed by atoms with Crippen molar-refractivity contribution in [1.29, 1.82) is 0 Å². The van der Waals surface area contributed by atoms with Gasteiger partial charge in [-0.25, -0.2) is 16.8 Å². The van der Waals surface area contributed by atoms with Gasteiger partial charge in [0.05, 0.1) is 20.9 Å². The van der Waals surface area contributed by atoms with Crippen LogP contribution in [0.4, 0.5) is 0 Å². The third-order valence-electron chi connectivity index (χ3n) is 6.88. The van der Waals surface area contributed by atoms with Gasteiger partial charge < -0.3 is 0 Å². The molecule has 0 radical (unpaired) electrons. The number of ketones is 2. The lowest BCUT2D eigenvalue weighted by atomic mass is 9.84. The lowest BCUT2D eigenvalue weighted by Gasteiger charge is -2.28. The second kappa shape index (κ2) is 11.8. The summed E-state index contributed by atoms with van der Waals surface area (Å²) in [6.45, 7) is 3.12. The fourth-order valence-electron chi connectivity index (χ4n) is 4.76. The third kappa shape index (κ3) is 5.94. The molecule has 2 unspecified atom stereocenters. The van der Waals surface area contributed by atoms with Crippen molar-refractivity contribution in [3.63, 3.8) is 0 Å². The molecule has 14 nitrogen and oxygen atoms in total. The maximum atomic E-state index is 13.7. The first-order valence-corrected chi connectivity index (χ1v) is 18.4.